The molecule has 0 fully saturated rings. The molecule has 26 heavy (non-hydrogen) atoms. The second-order valence-corrected chi connectivity index (χ2v) is 6.09. The Morgan fingerprint density at radius 2 is 1.88 bits per heavy atom. The van der Waals surface area contributed by atoms with Gasteiger partial charge in [-0.05, 0) is 58.4 Å². The van der Waals surface area contributed by atoms with Crippen LogP contribution in [0.3, 0.4) is 0 Å². The molecular weight excluding hydrogens is 404 g/mol. The van der Waals surface area contributed by atoms with Crippen LogP contribution in [-0.4, -0.2) is 22.2 Å². The van der Waals surface area contributed by atoms with E-state index in [9.17, 15) is 14.9 Å². The summed E-state index contributed by atoms with van der Waals surface area (Å²) in [5.41, 5.74) is 1.44. The number of halogens is 1. The van der Waals surface area contributed by atoms with Crippen molar-refractivity contribution in [2.45, 2.75) is 0 Å². The fourth-order valence-corrected chi connectivity index (χ4v) is 2.77. The first kappa shape index (κ1) is 17.6. The number of hydrogen-bond donors (Lipinski definition) is 1. The van der Waals surface area contributed by atoms with Crippen LogP contribution >= 0.6 is 15.9 Å². The maximum atomic E-state index is 10.8. The Kier molecular flexibility index (Phi) is 4.94. The number of nitro benzene ring substituents is 1. The number of benzene rings is 2. The lowest BCUT2D eigenvalue weighted by atomic mass is 10.1. The number of hydrogen-bond acceptors (Lipinski definition) is 5. The predicted octanol–water partition coefficient (Wildman–Crippen LogP) is 5.07. The molecule has 0 aliphatic carbocycles. The molecule has 8 heteroatoms. The van der Waals surface area contributed by atoms with Gasteiger partial charge >= 0.3 is 5.97 Å². The number of nitro groups is 1. The quantitative estimate of drug-likeness (QED) is 0.356. The molecular formula is C18H11BrN2O5. The molecule has 0 unspecified atom stereocenters. The number of furan rings is 1. The number of nitrogens with zero attached hydrogens (tertiary/aromatic N) is 2. The molecule has 0 amide bonds. The van der Waals surface area contributed by atoms with Crippen LogP contribution in [0.5, 0.6) is 0 Å². The topological polar surface area (TPSA) is 106 Å². The molecule has 1 N–H and O–H groups in total. The second-order valence-electron chi connectivity index (χ2n) is 5.23. The van der Waals surface area contributed by atoms with E-state index in [1.165, 1.54) is 30.5 Å². The van der Waals surface area contributed by atoms with Crippen molar-refractivity contribution in [1.29, 1.82) is 0 Å². The van der Waals surface area contributed by atoms with Gasteiger partial charge in [-0.2, -0.15) is 0 Å². The molecule has 0 saturated heterocycles. The Balaban J connectivity index is 1.79. The van der Waals surface area contributed by atoms with Crippen LogP contribution in [0.2, 0.25) is 0 Å². The van der Waals surface area contributed by atoms with Crippen LogP contribution in [-0.2, 0) is 0 Å². The monoisotopic (exact) mass is 414 g/mol. The molecule has 7 nitrogen and oxygen atoms in total. The summed E-state index contributed by atoms with van der Waals surface area (Å²) in [4.78, 5) is 25.4. The molecule has 0 radical (unpaired) electrons. The number of rotatable bonds is 5. The highest BCUT2D eigenvalue weighted by atomic mass is 79.9. The molecule has 0 spiro atoms. The van der Waals surface area contributed by atoms with Gasteiger partial charge in [-0.15, -0.1) is 0 Å². The summed E-state index contributed by atoms with van der Waals surface area (Å²) in [6.07, 6.45) is 1.51. The molecule has 3 rings (SSSR count). The van der Waals surface area contributed by atoms with E-state index >= 15 is 0 Å². The molecule has 1 heterocycles. The second kappa shape index (κ2) is 7.32. The minimum absolute atomic E-state index is 0.0150. The van der Waals surface area contributed by atoms with Crippen molar-refractivity contribution in [2.24, 2.45) is 4.99 Å². The Morgan fingerprint density at radius 3 is 2.50 bits per heavy atom. The highest BCUT2D eigenvalue weighted by Gasteiger charge is 2.13. The van der Waals surface area contributed by atoms with Crippen molar-refractivity contribution >= 4 is 39.5 Å². The third kappa shape index (κ3) is 3.86. The van der Waals surface area contributed by atoms with Crippen molar-refractivity contribution < 1.29 is 19.2 Å². The van der Waals surface area contributed by atoms with Crippen molar-refractivity contribution in [3.05, 3.63) is 80.5 Å². The largest absolute Gasteiger partial charge is 0.478 e. The SMILES string of the molecule is O=C(O)c1ccc(N=Cc2ccc(-c3ccc([N+](=O)[O-])cc3Br)o2)cc1. The zero-order valence-electron chi connectivity index (χ0n) is 13.1. The molecule has 3 aromatic rings. The van der Waals surface area contributed by atoms with E-state index in [4.69, 9.17) is 9.52 Å². The number of carboxylic acid groups (broad SMARTS) is 1. The van der Waals surface area contributed by atoms with Crippen molar-refractivity contribution in [3.8, 4) is 11.3 Å². The maximum Gasteiger partial charge on any atom is 0.335 e. The summed E-state index contributed by atoms with van der Waals surface area (Å²) in [6.45, 7) is 0. The van der Waals surface area contributed by atoms with E-state index < -0.39 is 10.9 Å². The van der Waals surface area contributed by atoms with E-state index in [-0.39, 0.29) is 11.3 Å². The van der Waals surface area contributed by atoms with Crippen molar-refractivity contribution in [3.63, 3.8) is 0 Å². The third-order valence-corrected chi connectivity index (χ3v) is 4.17. The average molecular weight is 415 g/mol. The lowest BCUT2D eigenvalue weighted by Gasteiger charge is -2.00. The van der Waals surface area contributed by atoms with Crippen molar-refractivity contribution in [1.82, 2.24) is 0 Å². The molecule has 130 valence electrons. The van der Waals surface area contributed by atoms with Gasteiger partial charge in [0.2, 0.25) is 0 Å². The maximum absolute atomic E-state index is 10.8. The lowest BCUT2D eigenvalue weighted by Crippen LogP contribution is -1.94. The predicted molar refractivity (Wildman–Crippen MR) is 99.2 cm³/mol. The standard InChI is InChI=1S/C18H11BrN2O5/c19-16-9-13(21(24)25)5-7-15(16)17-8-6-14(26-17)10-20-12-3-1-11(2-4-12)18(22)23/h1-10H,(H,22,23). The highest BCUT2D eigenvalue weighted by molar-refractivity contribution is 9.10. The van der Waals surface area contributed by atoms with E-state index in [1.807, 2.05) is 0 Å². The van der Waals surface area contributed by atoms with Gasteiger partial charge in [-0.1, -0.05) is 0 Å². The Morgan fingerprint density at radius 1 is 1.15 bits per heavy atom. The molecule has 2 aromatic carbocycles. The van der Waals surface area contributed by atoms with Crippen LogP contribution in [0.25, 0.3) is 11.3 Å². The number of aliphatic imine (C=N–C) groups is 1. The van der Waals surface area contributed by atoms with E-state index in [0.29, 0.717) is 27.2 Å². The Bertz CT molecular complexity index is 1010. The lowest BCUT2D eigenvalue weighted by molar-refractivity contribution is -0.384. The summed E-state index contributed by atoms with van der Waals surface area (Å²) in [5.74, 6) is 0.0342. The number of non-ortho nitro benzene ring substituents is 1. The van der Waals surface area contributed by atoms with Gasteiger partial charge in [0.15, 0.2) is 0 Å². The summed E-state index contributed by atoms with van der Waals surface area (Å²) in [6, 6.07) is 14.0. The zero-order chi connectivity index (χ0) is 18.7. The number of aromatic carboxylic acids is 1. The van der Waals surface area contributed by atoms with Gasteiger partial charge in [-0.25, -0.2) is 4.79 Å². The molecule has 0 aliphatic heterocycles. The first-order chi connectivity index (χ1) is 12.4. The Labute approximate surface area is 155 Å². The van der Waals surface area contributed by atoms with Gasteiger partial charge < -0.3 is 9.52 Å². The Hall–Kier alpha value is -3.26. The third-order valence-electron chi connectivity index (χ3n) is 3.51. The average Bonchev–Trinajstić information content (AvgIpc) is 3.08. The molecule has 0 aliphatic rings. The van der Waals surface area contributed by atoms with E-state index in [1.54, 1.807) is 30.3 Å². The summed E-state index contributed by atoms with van der Waals surface area (Å²) < 4.78 is 6.24. The smallest absolute Gasteiger partial charge is 0.335 e. The molecule has 0 atom stereocenters. The number of carboxylic acids is 1. The van der Waals surface area contributed by atoms with Gasteiger partial charge in [0.25, 0.3) is 5.69 Å². The summed E-state index contributed by atoms with van der Waals surface area (Å²) >= 11 is 3.31. The molecule has 0 saturated carbocycles. The van der Waals surface area contributed by atoms with Crippen LogP contribution in [0.4, 0.5) is 11.4 Å². The minimum Gasteiger partial charge on any atom is -0.478 e. The van der Waals surface area contributed by atoms with Gasteiger partial charge in [0.05, 0.1) is 22.4 Å². The van der Waals surface area contributed by atoms with Gasteiger partial charge in [0, 0.05) is 22.2 Å². The van der Waals surface area contributed by atoms with Gasteiger partial charge in [-0.3, -0.25) is 15.1 Å². The fourth-order valence-electron chi connectivity index (χ4n) is 2.21. The normalized spacial score (nSPS) is 11.0. The van der Waals surface area contributed by atoms with Crippen LogP contribution in [0.15, 0.2) is 68.5 Å². The molecule has 0 bridgehead atoms. The van der Waals surface area contributed by atoms with Crippen LogP contribution in [0.1, 0.15) is 16.1 Å². The molecule has 1 aromatic heterocycles. The zero-order valence-corrected chi connectivity index (χ0v) is 14.7. The minimum atomic E-state index is -0.995. The van der Waals surface area contributed by atoms with Crippen LogP contribution in [0, 0.1) is 10.1 Å². The highest BCUT2D eigenvalue weighted by Crippen LogP contribution is 2.32. The van der Waals surface area contributed by atoms with Gasteiger partial charge in [0.1, 0.15) is 11.5 Å². The first-order valence-corrected chi connectivity index (χ1v) is 8.15. The summed E-state index contributed by atoms with van der Waals surface area (Å²) in [7, 11) is 0. The first-order valence-electron chi connectivity index (χ1n) is 7.35. The van der Waals surface area contributed by atoms with E-state index in [2.05, 4.69) is 20.9 Å². The number of carbonyl (C=O) groups is 1. The van der Waals surface area contributed by atoms with Crippen molar-refractivity contribution in [2.75, 3.05) is 0 Å². The van der Waals surface area contributed by atoms with Crippen LogP contribution < -0.4 is 0 Å². The summed E-state index contributed by atoms with van der Waals surface area (Å²) in [5, 5.41) is 19.7. The fraction of sp³-hybridized carbons (Fsp3) is 0. The van der Waals surface area contributed by atoms with E-state index in [0.717, 1.165) is 0 Å².